The van der Waals surface area contributed by atoms with Crippen LogP contribution in [0.2, 0.25) is 0 Å². The molecule has 0 radical (unpaired) electrons. The van der Waals surface area contributed by atoms with Crippen LogP contribution in [-0.4, -0.2) is 27.1 Å². The third-order valence-corrected chi connectivity index (χ3v) is 5.52. The Labute approximate surface area is 179 Å². The normalized spacial score (nSPS) is 11.0. The third-order valence-electron chi connectivity index (χ3n) is 5.52. The second-order valence-electron chi connectivity index (χ2n) is 7.56. The summed E-state index contributed by atoms with van der Waals surface area (Å²) < 4.78 is 8.39. The second-order valence-corrected chi connectivity index (χ2v) is 7.56. The molecule has 0 saturated heterocycles. The Balaban J connectivity index is 1.67. The van der Waals surface area contributed by atoms with Crippen LogP contribution >= 0.6 is 0 Å². The monoisotopic (exact) mass is 416 g/mol. The van der Waals surface area contributed by atoms with Crippen LogP contribution in [0.25, 0.3) is 22.2 Å². The van der Waals surface area contributed by atoms with Crippen molar-refractivity contribution in [2.24, 2.45) is 7.05 Å². The molecule has 1 N–H and O–H groups in total. The van der Waals surface area contributed by atoms with Crippen LogP contribution in [0.1, 0.15) is 11.1 Å². The molecule has 7 heteroatoms. The van der Waals surface area contributed by atoms with E-state index < -0.39 is 0 Å². The molecule has 31 heavy (non-hydrogen) atoms. The first-order valence-corrected chi connectivity index (χ1v) is 9.94. The summed E-state index contributed by atoms with van der Waals surface area (Å²) in [6.45, 7) is 3.83. The van der Waals surface area contributed by atoms with Gasteiger partial charge in [0.15, 0.2) is 0 Å². The SMILES string of the molecule is COc1cccc(-c2cn(C)c3c(=O)n(CC(=O)Nc4cccc(C)c4C)cnc23)c1. The smallest absolute Gasteiger partial charge is 0.278 e. The van der Waals surface area contributed by atoms with Gasteiger partial charge in [0, 0.05) is 24.5 Å². The Bertz CT molecular complexity index is 1350. The summed E-state index contributed by atoms with van der Waals surface area (Å²) in [6, 6.07) is 13.3. The standard InChI is InChI=1S/C24H24N4O3/c1-15-7-5-10-20(16(15)2)26-21(29)13-28-14-25-22-19(12-27(3)23(22)24(28)30)17-8-6-9-18(11-17)31-4/h5-12,14H,13H2,1-4H3,(H,26,29). The van der Waals surface area contributed by atoms with Crippen LogP contribution in [0.3, 0.4) is 0 Å². The van der Waals surface area contributed by atoms with Gasteiger partial charge in [-0.05, 0) is 48.7 Å². The molecular formula is C24H24N4O3. The number of methoxy groups -OCH3 is 1. The number of hydrogen-bond acceptors (Lipinski definition) is 4. The number of rotatable bonds is 5. The van der Waals surface area contributed by atoms with Gasteiger partial charge in [-0.15, -0.1) is 0 Å². The Kier molecular flexibility index (Phi) is 5.33. The van der Waals surface area contributed by atoms with E-state index in [-0.39, 0.29) is 18.0 Å². The number of nitrogens with one attached hydrogen (secondary N) is 1. The van der Waals surface area contributed by atoms with Crippen molar-refractivity contribution in [2.45, 2.75) is 20.4 Å². The molecule has 0 atom stereocenters. The Morgan fingerprint density at radius 3 is 2.71 bits per heavy atom. The van der Waals surface area contributed by atoms with Crippen molar-refractivity contribution in [1.82, 2.24) is 14.1 Å². The number of carbonyl (C=O) groups excluding carboxylic acids is 1. The fourth-order valence-corrected chi connectivity index (χ4v) is 3.66. The molecule has 0 saturated carbocycles. The fourth-order valence-electron chi connectivity index (χ4n) is 3.66. The summed E-state index contributed by atoms with van der Waals surface area (Å²) in [6.07, 6.45) is 3.30. The predicted octanol–water partition coefficient (Wildman–Crippen LogP) is 3.67. The van der Waals surface area contributed by atoms with Gasteiger partial charge in [-0.2, -0.15) is 0 Å². The zero-order chi connectivity index (χ0) is 22.1. The van der Waals surface area contributed by atoms with Crippen LogP contribution in [0.5, 0.6) is 5.75 Å². The van der Waals surface area contributed by atoms with Gasteiger partial charge in [0.05, 0.1) is 13.4 Å². The van der Waals surface area contributed by atoms with E-state index in [9.17, 15) is 9.59 Å². The lowest BCUT2D eigenvalue weighted by molar-refractivity contribution is -0.116. The molecule has 2 aromatic carbocycles. The minimum atomic E-state index is -0.279. The number of hydrogen-bond donors (Lipinski definition) is 1. The van der Waals surface area contributed by atoms with Crippen LogP contribution in [0.15, 0.2) is 59.8 Å². The molecule has 158 valence electrons. The second kappa shape index (κ2) is 8.10. The maximum Gasteiger partial charge on any atom is 0.278 e. The lowest BCUT2D eigenvalue weighted by Gasteiger charge is -2.11. The van der Waals surface area contributed by atoms with Crippen molar-refractivity contribution < 1.29 is 9.53 Å². The van der Waals surface area contributed by atoms with E-state index in [2.05, 4.69) is 10.3 Å². The highest BCUT2D eigenvalue weighted by Crippen LogP contribution is 2.29. The first-order chi connectivity index (χ1) is 14.9. The molecule has 4 rings (SSSR count). The van der Waals surface area contributed by atoms with Gasteiger partial charge < -0.3 is 14.6 Å². The lowest BCUT2D eigenvalue weighted by atomic mass is 10.1. The number of amides is 1. The van der Waals surface area contributed by atoms with E-state index in [0.29, 0.717) is 11.0 Å². The summed E-state index contributed by atoms with van der Waals surface area (Å²) in [5, 5.41) is 2.89. The van der Waals surface area contributed by atoms with Crippen LogP contribution in [0, 0.1) is 13.8 Å². The van der Waals surface area contributed by atoms with E-state index in [1.807, 2.05) is 62.5 Å². The van der Waals surface area contributed by atoms with Crippen molar-refractivity contribution in [3.8, 4) is 16.9 Å². The highest BCUT2D eigenvalue weighted by molar-refractivity contribution is 5.94. The van der Waals surface area contributed by atoms with Gasteiger partial charge in [0.25, 0.3) is 5.56 Å². The number of carbonyl (C=O) groups is 1. The summed E-state index contributed by atoms with van der Waals surface area (Å²) in [7, 11) is 3.41. The van der Waals surface area contributed by atoms with Crippen LogP contribution in [-0.2, 0) is 18.4 Å². The minimum absolute atomic E-state index is 0.116. The number of nitrogens with zero attached hydrogens (tertiary/aromatic N) is 3. The topological polar surface area (TPSA) is 78.1 Å². The van der Waals surface area contributed by atoms with E-state index >= 15 is 0 Å². The van der Waals surface area contributed by atoms with Gasteiger partial charge in [0.1, 0.15) is 23.3 Å². The summed E-state index contributed by atoms with van der Waals surface area (Å²) in [5.41, 5.74) is 5.34. The molecule has 0 unspecified atom stereocenters. The number of aromatic nitrogens is 3. The molecule has 7 nitrogen and oxygen atoms in total. The summed E-state index contributed by atoms with van der Waals surface area (Å²) in [4.78, 5) is 30.2. The number of anilines is 1. The van der Waals surface area contributed by atoms with Gasteiger partial charge >= 0.3 is 0 Å². The molecule has 0 bridgehead atoms. The first kappa shape index (κ1) is 20.4. The molecule has 0 aliphatic rings. The number of ether oxygens (including phenoxy) is 1. The van der Waals surface area contributed by atoms with Crippen molar-refractivity contribution in [1.29, 1.82) is 0 Å². The van der Waals surface area contributed by atoms with E-state index in [4.69, 9.17) is 4.74 Å². The van der Waals surface area contributed by atoms with Gasteiger partial charge in [-0.1, -0.05) is 24.3 Å². The molecule has 4 aromatic rings. The van der Waals surface area contributed by atoms with Crippen molar-refractivity contribution in [3.63, 3.8) is 0 Å². The predicted molar refractivity (Wildman–Crippen MR) is 122 cm³/mol. The third kappa shape index (κ3) is 3.82. The molecule has 2 aromatic heterocycles. The number of aryl methyl sites for hydroxylation is 2. The Morgan fingerprint density at radius 2 is 1.94 bits per heavy atom. The average Bonchev–Trinajstić information content (AvgIpc) is 3.10. The zero-order valence-corrected chi connectivity index (χ0v) is 18.0. The highest BCUT2D eigenvalue weighted by atomic mass is 16.5. The summed E-state index contributed by atoms with van der Waals surface area (Å²) >= 11 is 0. The largest absolute Gasteiger partial charge is 0.497 e. The van der Waals surface area contributed by atoms with Crippen molar-refractivity contribution in [2.75, 3.05) is 12.4 Å². The Morgan fingerprint density at radius 1 is 1.16 bits per heavy atom. The number of benzene rings is 2. The van der Waals surface area contributed by atoms with Crippen LogP contribution < -0.4 is 15.6 Å². The molecule has 0 fully saturated rings. The summed E-state index contributed by atoms with van der Waals surface area (Å²) in [5.74, 6) is 0.449. The minimum Gasteiger partial charge on any atom is -0.497 e. The quantitative estimate of drug-likeness (QED) is 0.539. The van der Waals surface area contributed by atoms with E-state index in [1.54, 1.807) is 18.7 Å². The molecular weight excluding hydrogens is 392 g/mol. The lowest BCUT2D eigenvalue weighted by Crippen LogP contribution is -2.28. The average molecular weight is 416 g/mol. The zero-order valence-electron chi connectivity index (χ0n) is 18.0. The maximum absolute atomic E-state index is 13.1. The molecule has 1 amide bonds. The van der Waals surface area contributed by atoms with Crippen molar-refractivity contribution in [3.05, 3.63) is 76.5 Å². The van der Waals surface area contributed by atoms with E-state index in [1.165, 1.54) is 10.9 Å². The van der Waals surface area contributed by atoms with Gasteiger partial charge in [0.2, 0.25) is 5.91 Å². The Hall–Kier alpha value is -3.87. The fraction of sp³-hybridized carbons (Fsp3) is 0.208. The molecule has 2 heterocycles. The van der Waals surface area contributed by atoms with E-state index in [0.717, 1.165) is 33.7 Å². The highest BCUT2D eigenvalue weighted by Gasteiger charge is 2.16. The van der Waals surface area contributed by atoms with Gasteiger partial charge in [-0.3, -0.25) is 14.2 Å². The maximum atomic E-state index is 13.1. The van der Waals surface area contributed by atoms with Crippen LogP contribution in [0.4, 0.5) is 5.69 Å². The first-order valence-electron chi connectivity index (χ1n) is 9.94. The van der Waals surface area contributed by atoms with Gasteiger partial charge in [-0.25, -0.2) is 4.98 Å². The number of fused-ring (bicyclic) bond motifs is 1. The van der Waals surface area contributed by atoms with Crippen molar-refractivity contribution >= 4 is 22.6 Å². The molecule has 0 aliphatic heterocycles. The molecule has 0 spiro atoms. The molecule has 0 aliphatic carbocycles.